The van der Waals surface area contributed by atoms with E-state index in [1.54, 1.807) is 6.20 Å². The Bertz CT molecular complexity index is 775. The van der Waals surface area contributed by atoms with Crippen molar-refractivity contribution in [3.8, 4) is 11.6 Å². The third-order valence-electron chi connectivity index (χ3n) is 4.33. The summed E-state index contributed by atoms with van der Waals surface area (Å²) >= 11 is 0. The van der Waals surface area contributed by atoms with Crippen LogP contribution in [0.2, 0.25) is 0 Å². The molecule has 0 atom stereocenters. The first-order valence-corrected chi connectivity index (χ1v) is 8.70. The number of anilines is 1. The van der Waals surface area contributed by atoms with Crippen LogP contribution in [0.1, 0.15) is 12.8 Å². The molecular weight excluding hydrogens is 320 g/mol. The topological polar surface area (TPSA) is 92.1 Å². The van der Waals surface area contributed by atoms with E-state index in [9.17, 15) is 0 Å². The number of nitrogens with one attached hydrogen (secondary N) is 2. The van der Waals surface area contributed by atoms with E-state index < -0.39 is 0 Å². The lowest BCUT2D eigenvalue weighted by atomic mass is 10.3. The summed E-state index contributed by atoms with van der Waals surface area (Å²) in [6.07, 6.45) is 3.95. The molecule has 1 fully saturated rings. The molecule has 132 valence electrons. The second-order valence-corrected chi connectivity index (χ2v) is 6.12. The number of hydrogen-bond donors (Lipinski definition) is 2. The molecule has 2 N–H and O–H groups in total. The number of unbranched alkanes of at least 4 members (excludes halogenated alkanes) is 1. The summed E-state index contributed by atoms with van der Waals surface area (Å²) in [5, 5.41) is 12.4. The molecule has 8 heteroatoms. The van der Waals surface area contributed by atoms with Gasteiger partial charge in [-0.1, -0.05) is 5.10 Å². The summed E-state index contributed by atoms with van der Waals surface area (Å²) in [7, 11) is 0. The lowest BCUT2D eigenvalue weighted by Gasteiger charge is -2.26. The second-order valence-electron chi connectivity index (χ2n) is 6.12. The molecular formula is C17H22N6O2. The monoisotopic (exact) mass is 342 g/mol. The number of aromatic nitrogens is 4. The van der Waals surface area contributed by atoms with Crippen molar-refractivity contribution in [2.45, 2.75) is 12.8 Å². The van der Waals surface area contributed by atoms with Gasteiger partial charge >= 0.3 is 6.01 Å². The van der Waals surface area contributed by atoms with Gasteiger partial charge in [-0.15, -0.1) is 5.10 Å². The zero-order chi connectivity index (χ0) is 16.9. The highest BCUT2D eigenvalue weighted by Gasteiger charge is 2.12. The van der Waals surface area contributed by atoms with Crippen LogP contribution in [0.25, 0.3) is 22.6 Å². The van der Waals surface area contributed by atoms with Crippen LogP contribution < -0.4 is 5.32 Å². The number of fused-ring (bicyclic) bond motifs is 1. The van der Waals surface area contributed by atoms with Gasteiger partial charge in [0, 0.05) is 31.2 Å². The highest BCUT2D eigenvalue weighted by Crippen LogP contribution is 2.22. The normalized spacial score (nSPS) is 15.7. The van der Waals surface area contributed by atoms with Crippen molar-refractivity contribution in [1.29, 1.82) is 0 Å². The molecule has 4 heterocycles. The minimum absolute atomic E-state index is 0.452. The first-order valence-electron chi connectivity index (χ1n) is 8.70. The van der Waals surface area contributed by atoms with Gasteiger partial charge in [0.1, 0.15) is 11.3 Å². The van der Waals surface area contributed by atoms with E-state index in [2.05, 4.69) is 30.4 Å². The lowest BCUT2D eigenvalue weighted by Crippen LogP contribution is -2.36. The van der Waals surface area contributed by atoms with Crippen LogP contribution in [0, 0.1) is 0 Å². The Morgan fingerprint density at radius 1 is 1.20 bits per heavy atom. The van der Waals surface area contributed by atoms with Crippen molar-refractivity contribution in [3.05, 3.63) is 24.4 Å². The van der Waals surface area contributed by atoms with Gasteiger partial charge in [-0.3, -0.25) is 4.90 Å². The first kappa shape index (κ1) is 16.0. The van der Waals surface area contributed by atoms with Crippen molar-refractivity contribution in [3.63, 3.8) is 0 Å². The Morgan fingerprint density at radius 2 is 2.12 bits per heavy atom. The number of rotatable bonds is 7. The zero-order valence-electron chi connectivity index (χ0n) is 14.1. The van der Waals surface area contributed by atoms with Gasteiger partial charge in [0.15, 0.2) is 0 Å². The predicted octanol–water partition coefficient (Wildman–Crippen LogP) is 2.14. The summed E-state index contributed by atoms with van der Waals surface area (Å²) in [5.74, 6) is 0.466. The molecule has 1 saturated heterocycles. The molecule has 0 aliphatic carbocycles. The van der Waals surface area contributed by atoms with Gasteiger partial charge in [-0.25, -0.2) is 4.98 Å². The van der Waals surface area contributed by atoms with Crippen molar-refractivity contribution >= 4 is 17.0 Å². The number of ether oxygens (including phenoxy) is 1. The minimum atomic E-state index is 0.452. The largest absolute Gasteiger partial charge is 0.402 e. The van der Waals surface area contributed by atoms with Crippen LogP contribution in [0.15, 0.2) is 28.8 Å². The highest BCUT2D eigenvalue weighted by atomic mass is 16.5. The van der Waals surface area contributed by atoms with Crippen LogP contribution in [0.5, 0.6) is 0 Å². The van der Waals surface area contributed by atoms with Crippen molar-refractivity contribution < 1.29 is 9.15 Å². The molecule has 3 aromatic heterocycles. The maximum Gasteiger partial charge on any atom is 0.315 e. The van der Waals surface area contributed by atoms with Crippen LogP contribution in [-0.2, 0) is 4.74 Å². The molecule has 0 spiro atoms. The maximum absolute atomic E-state index is 5.68. The lowest BCUT2D eigenvalue weighted by molar-refractivity contribution is 0.0373. The Balaban J connectivity index is 1.25. The number of aromatic amines is 1. The molecule has 0 unspecified atom stereocenters. The Labute approximate surface area is 145 Å². The zero-order valence-corrected chi connectivity index (χ0v) is 14.1. The van der Waals surface area contributed by atoms with Gasteiger partial charge in [0.25, 0.3) is 5.89 Å². The van der Waals surface area contributed by atoms with E-state index >= 15 is 0 Å². The van der Waals surface area contributed by atoms with E-state index in [4.69, 9.17) is 9.15 Å². The number of H-pyrrole nitrogens is 1. The molecule has 4 rings (SSSR count). The Kier molecular flexibility index (Phi) is 4.89. The molecule has 0 bridgehead atoms. The van der Waals surface area contributed by atoms with Gasteiger partial charge in [0.05, 0.1) is 13.2 Å². The third kappa shape index (κ3) is 3.97. The average molecular weight is 342 g/mol. The minimum Gasteiger partial charge on any atom is -0.402 e. The van der Waals surface area contributed by atoms with Crippen LogP contribution in [0.4, 0.5) is 6.01 Å². The molecule has 1 aliphatic heterocycles. The summed E-state index contributed by atoms with van der Waals surface area (Å²) in [6, 6.07) is 6.30. The van der Waals surface area contributed by atoms with Crippen LogP contribution >= 0.6 is 0 Å². The number of nitrogens with zero attached hydrogens (tertiary/aromatic N) is 4. The first-order chi connectivity index (χ1) is 12.4. The molecule has 8 nitrogen and oxygen atoms in total. The molecule has 0 aromatic carbocycles. The standard InChI is InChI=1S/C17H22N6O2/c1(2-7-23-8-10-24-11-9-23)5-19-17-22-21-16(25-17)14-12-13-4-3-6-18-15(13)20-14/h3-4,6,12H,1-2,5,7-11H2,(H,18,20)(H,19,22). The fourth-order valence-corrected chi connectivity index (χ4v) is 2.96. The second kappa shape index (κ2) is 7.62. The fourth-order valence-electron chi connectivity index (χ4n) is 2.96. The summed E-state index contributed by atoms with van der Waals surface area (Å²) in [4.78, 5) is 9.90. The number of pyridine rings is 1. The SMILES string of the molecule is c1cnc2[nH]c(-c3nnc(NCCCCN4CCOCC4)o3)cc2c1. The summed E-state index contributed by atoms with van der Waals surface area (Å²) in [5.41, 5.74) is 1.59. The van der Waals surface area contributed by atoms with E-state index in [-0.39, 0.29) is 0 Å². The predicted molar refractivity (Wildman–Crippen MR) is 94.4 cm³/mol. The van der Waals surface area contributed by atoms with Gasteiger partial charge in [0.2, 0.25) is 0 Å². The molecule has 0 radical (unpaired) electrons. The van der Waals surface area contributed by atoms with Crippen LogP contribution in [0.3, 0.4) is 0 Å². The van der Waals surface area contributed by atoms with Crippen molar-refractivity contribution in [2.75, 3.05) is 44.7 Å². The van der Waals surface area contributed by atoms with Gasteiger partial charge < -0.3 is 19.5 Å². The molecule has 1 aliphatic rings. The summed E-state index contributed by atoms with van der Waals surface area (Å²) < 4.78 is 11.0. The van der Waals surface area contributed by atoms with Crippen molar-refractivity contribution in [1.82, 2.24) is 25.1 Å². The summed E-state index contributed by atoms with van der Waals surface area (Å²) in [6.45, 7) is 5.72. The third-order valence-corrected chi connectivity index (χ3v) is 4.33. The van der Waals surface area contributed by atoms with Crippen molar-refractivity contribution in [2.24, 2.45) is 0 Å². The quantitative estimate of drug-likeness (QED) is 0.636. The highest BCUT2D eigenvalue weighted by molar-refractivity contribution is 5.81. The van der Waals surface area contributed by atoms with Gasteiger partial charge in [-0.2, -0.15) is 0 Å². The van der Waals surface area contributed by atoms with E-state index in [1.165, 1.54) is 0 Å². The fraction of sp³-hybridized carbons (Fsp3) is 0.471. The van der Waals surface area contributed by atoms with E-state index in [1.807, 2.05) is 18.2 Å². The average Bonchev–Trinajstić information content (AvgIpc) is 3.29. The van der Waals surface area contributed by atoms with E-state index in [0.717, 1.165) is 69.0 Å². The maximum atomic E-state index is 5.68. The molecule has 25 heavy (non-hydrogen) atoms. The molecule has 0 saturated carbocycles. The molecule has 3 aromatic rings. The molecule has 0 amide bonds. The number of hydrogen-bond acceptors (Lipinski definition) is 7. The smallest absolute Gasteiger partial charge is 0.315 e. The Hall–Kier alpha value is -2.45. The van der Waals surface area contributed by atoms with Gasteiger partial charge in [-0.05, 0) is 37.6 Å². The Morgan fingerprint density at radius 3 is 3.00 bits per heavy atom. The number of morpholine rings is 1. The van der Waals surface area contributed by atoms with Crippen LogP contribution in [-0.4, -0.2) is 64.5 Å². The van der Waals surface area contributed by atoms with E-state index in [0.29, 0.717) is 11.9 Å².